The van der Waals surface area contributed by atoms with Gasteiger partial charge in [-0.2, -0.15) is 21.9 Å². The molecule has 0 radical (unpaired) electrons. The summed E-state index contributed by atoms with van der Waals surface area (Å²) in [4.78, 5) is 13.1. The molecule has 0 bridgehead atoms. The molecule has 0 aliphatic rings. The molecule has 1 aromatic heterocycles. The lowest BCUT2D eigenvalue weighted by molar-refractivity contribution is -0.138. The first kappa shape index (κ1) is 26.7. The number of alkyl halides is 3. The fraction of sp³-hybridized carbons (Fsp3) is 0.125. The Labute approximate surface area is 221 Å². The third-order valence-electron chi connectivity index (χ3n) is 5.28. The standard InChI is InChI=1S/C24H18ClF3N4O3S2/c25-17-10-11-18(23(33)29-14-16-8-4-5-9-19(16)24(26,27)28)21(13-17)32(37(34)35)22-20(30-36-31-22)12-15-6-2-1-3-7-15/h1-11,13H,12,14H2,(H,29,33)(H,34,35)/p-1. The average molecular weight is 566 g/mol. The van der Waals surface area contributed by atoms with E-state index in [0.29, 0.717) is 5.69 Å². The average Bonchev–Trinajstić information content (AvgIpc) is 3.30. The van der Waals surface area contributed by atoms with Gasteiger partial charge in [-0.25, -0.2) is 0 Å². The van der Waals surface area contributed by atoms with Crippen molar-refractivity contribution >= 4 is 52.0 Å². The van der Waals surface area contributed by atoms with E-state index in [-0.39, 0.29) is 34.1 Å². The van der Waals surface area contributed by atoms with Crippen LogP contribution in [0.4, 0.5) is 24.7 Å². The zero-order valence-electron chi connectivity index (χ0n) is 18.7. The fourth-order valence-electron chi connectivity index (χ4n) is 3.61. The minimum absolute atomic E-state index is 0.0130. The van der Waals surface area contributed by atoms with Gasteiger partial charge in [-0.05, 0) is 35.4 Å². The van der Waals surface area contributed by atoms with E-state index >= 15 is 0 Å². The number of benzene rings is 3. The Kier molecular flexibility index (Phi) is 8.22. The molecule has 1 heterocycles. The second-order valence-electron chi connectivity index (χ2n) is 7.71. The van der Waals surface area contributed by atoms with E-state index < -0.39 is 35.5 Å². The minimum Gasteiger partial charge on any atom is -0.755 e. The number of rotatable bonds is 8. The number of carbonyl (C=O) groups is 1. The molecule has 4 rings (SSSR count). The van der Waals surface area contributed by atoms with E-state index in [1.54, 1.807) is 0 Å². The van der Waals surface area contributed by atoms with E-state index in [2.05, 4.69) is 14.1 Å². The molecule has 0 saturated carbocycles. The highest BCUT2D eigenvalue weighted by Crippen LogP contribution is 2.35. The smallest absolute Gasteiger partial charge is 0.416 e. The Hall–Kier alpha value is -3.32. The second-order valence-corrected chi connectivity index (χ2v) is 9.47. The van der Waals surface area contributed by atoms with Crippen LogP contribution in [0.1, 0.15) is 32.7 Å². The van der Waals surface area contributed by atoms with Gasteiger partial charge in [-0.3, -0.25) is 13.3 Å². The maximum Gasteiger partial charge on any atom is 0.416 e. The number of nitrogens with one attached hydrogen (secondary N) is 1. The van der Waals surface area contributed by atoms with Crippen molar-refractivity contribution in [3.05, 3.63) is 106 Å². The molecule has 192 valence electrons. The number of hydrogen-bond donors (Lipinski definition) is 1. The predicted molar refractivity (Wildman–Crippen MR) is 134 cm³/mol. The summed E-state index contributed by atoms with van der Waals surface area (Å²) in [5.74, 6) is -0.812. The molecule has 0 spiro atoms. The highest BCUT2D eigenvalue weighted by molar-refractivity contribution is 7.81. The number of nitrogens with zero attached hydrogens (tertiary/aromatic N) is 3. The fourth-order valence-corrected chi connectivity index (χ4v) is 4.98. The molecule has 3 aromatic carbocycles. The molecular weight excluding hydrogens is 549 g/mol. The Morgan fingerprint density at radius 3 is 2.46 bits per heavy atom. The van der Waals surface area contributed by atoms with Crippen molar-refractivity contribution < 1.29 is 26.7 Å². The number of anilines is 2. The van der Waals surface area contributed by atoms with Gasteiger partial charge < -0.3 is 9.87 Å². The first-order valence-electron chi connectivity index (χ1n) is 10.6. The van der Waals surface area contributed by atoms with E-state index in [1.807, 2.05) is 30.3 Å². The Morgan fingerprint density at radius 2 is 1.76 bits per heavy atom. The van der Waals surface area contributed by atoms with Gasteiger partial charge in [-0.1, -0.05) is 60.1 Å². The van der Waals surface area contributed by atoms with Crippen LogP contribution >= 0.6 is 23.3 Å². The molecule has 1 unspecified atom stereocenters. The first-order valence-corrected chi connectivity index (χ1v) is 12.8. The maximum absolute atomic E-state index is 13.3. The summed E-state index contributed by atoms with van der Waals surface area (Å²) in [7, 11) is 0. The Balaban J connectivity index is 1.67. The van der Waals surface area contributed by atoms with Gasteiger partial charge in [0.2, 0.25) is 0 Å². The summed E-state index contributed by atoms with van der Waals surface area (Å²) in [6.07, 6.45) is -4.33. The summed E-state index contributed by atoms with van der Waals surface area (Å²) in [5.41, 5.74) is -0.0579. The summed E-state index contributed by atoms with van der Waals surface area (Å²) in [6, 6.07) is 18.0. The van der Waals surface area contributed by atoms with Crippen LogP contribution in [0.15, 0.2) is 72.8 Å². The molecule has 13 heteroatoms. The summed E-state index contributed by atoms with van der Waals surface area (Å²) < 4.78 is 73.9. The van der Waals surface area contributed by atoms with Crippen molar-refractivity contribution in [1.29, 1.82) is 0 Å². The predicted octanol–water partition coefficient (Wildman–Crippen LogP) is 5.66. The quantitative estimate of drug-likeness (QED) is 0.278. The van der Waals surface area contributed by atoms with E-state index in [4.69, 9.17) is 11.6 Å². The van der Waals surface area contributed by atoms with Crippen molar-refractivity contribution in [1.82, 2.24) is 14.1 Å². The molecule has 37 heavy (non-hydrogen) atoms. The largest absolute Gasteiger partial charge is 0.755 e. The first-order chi connectivity index (χ1) is 17.6. The van der Waals surface area contributed by atoms with Crippen LogP contribution in [0.3, 0.4) is 0 Å². The van der Waals surface area contributed by atoms with Crippen LogP contribution in [0.25, 0.3) is 0 Å². The number of amides is 1. The third kappa shape index (κ3) is 6.34. The van der Waals surface area contributed by atoms with Gasteiger partial charge in [0.1, 0.15) is 5.69 Å². The number of halogens is 4. The third-order valence-corrected chi connectivity index (χ3v) is 6.74. The van der Waals surface area contributed by atoms with Crippen molar-refractivity contribution in [2.75, 3.05) is 4.31 Å². The summed E-state index contributed by atoms with van der Waals surface area (Å²) in [6.45, 7) is -0.436. The topological polar surface area (TPSA) is 98.2 Å². The molecule has 1 N–H and O–H groups in total. The van der Waals surface area contributed by atoms with Crippen molar-refractivity contribution in [2.24, 2.45) is 0 Å². The van der Waals surface area contributed by atoms with Gasteiger partial charge in [0.25, 0.3) is 5.91 Å². The highest BCUT2D eigenvalue weighted by atomic mass is 35.5. The zero-order chi connectivity index (χ0) is 26.6. The van der Waals surface area contributed by atoms with Gasteiger partial charge in [0, 0.05) is 18.0 Å². The zero-order valence-corrected chi connectivity index (χ0v) is 21.1. The maximum atomic E-state index is 13.3. The lowest BCUT2D eigenvalue weighted by Gasteiger charge is -2.27. The Morgan fingerprint density at radius 1 is 1.05 bits per heavy atom. The highest BCUT2D eigenvalue weighted by Gasteiger charge is 2.33. The Bertz CT molecular complexity index is 1430. The second kappa shape index (κ2) is 11.4. The van der Waals surface area contributed by atoms with Crippen LogP contribution in [-0.2, 0) is 30.4 Å². The molecular formula is C24H17ClF3N4O3S2-. The minimum atomic E-state index is -4.60. The number of aromatic nitrogens is 2. The monoisotopic (exact) mass is 565 g/mol. The molecule has 4 aromatic rings. The van der Waals surface area contributed by atoms with E-state index in [9.17, 15) is 26.7 Å². The van der Waals surface area contributed by atoms with Crippen molar-refractivity contribution in [2.45, 2.75) is 19.1 Å². The normalized spacial score (nSPS) is 12.2. The van der Waals surface area contributed by atoms with Gasteiger partial charge >= 0.3 is 6.18 Å². The van der Waals surface area contributed by atoms with Crippen molar-refractivity contribution in [3.8, 4) is 0 Å². The molecule has 7 nitrogen and oxygen atoms in total. The summed E-state index contributed by atoms with van der Waals surface area (Å²) >= 11 is 3.99. The van der Waals surface area contributed by atoms with Gasteiger partial charge in [0.15, 0.2) is 5.82 Å². The molecule has 0 fully saturated rings. The van der Waals surface area contributed by atoms with Crippen LogP contribution < -0.4 is 9.62 Å². The molecule has 0 saturated heterocycles. The number of hydrogen-bond acceptors (Lipinski definition) is 6. The van der Waals surface area contributed by atoms with E-state index in [1.165, 1.54) is 36.4 Å². The van der Waals surface area contributed by atoms with Crippen LogP contribution in [-0.4, -0.2) is 23.4 Å². The number of carbonyl (C=O) groups excluding carboxylic acids is 1. The lowest BCUT2D eigenvalue weighted by Crippen LogP contribution is -2.28. The van der Waals surface area contributed by atoms with Crippen LogP contribution in [0.5, 0.6) is 0 Å². The molecule has 1 atom stereocenters. The van der Waals surface area contributed by atoms with Crippen LogP contribution in [0.2, 0.25) is 5.02 Å². The van der Waals surface area contributed by atoms with Gasteiger partial charge in [0.05, 0.1) is 39.8 Å². The SMILES string of the molecule is O=C(NCc1ccccc1C(F)(F)F)c1ccc(Cl)cc1N(c1nsnc1Cc1ccccc1)S(=O)[O-]. The van der Waals surface area contributed by atoms with Crippen molar-refractivity contribution in [3.63, 3.8) is 0 Å². The molecule has 1 amide bonds. The lowest BCUT2D eigenvalue weighted by atomic mass is 10.1. The van der Waals surface area contributed by atoms with Crippen LogP contribution in [0, 0.1) is 0 Å². The van der Waals surface area contributed by atoms with Gasteiger partial charge in [-0.15, -0.1) is 0 Å². The molecule has 0 aliphatic carbocycles. The molecule has 0 aliphatic heterocycles. The summed E-state index contributed by atoms with van der Waals surface area (Å²) in [5, 5.41) is 2.57. The van der Waals surface area contributed by atoms with E-state index in [0.717, 1.165) is 27.7 Å².